The van der Waals surface area contributed by atoms with Crippen molar-refractivity contribution in [1.29, 1.82) is 0 Å². The highest BCUT2D eigenvalue weighted by molar-refractivity contribution is 9.09. The molecule has 3 nitrogen and oxygen atoms in total. The van der Waals surface area contributed by atoms with Crippen molar-refractivity contribution in [3.8, 4) is 11.5 Å². The molecule has 0 amide bonds. The van der Waals surface area contributed by atoms with Gasteiger partial charge >= 0.3 is 0 Å². The average molecular weight is 257 g/mol. The minimum absolute atomic E-state index is 0.121. The topological polar surface area (TPSA) is 35.5 Å². The van der Waals surface area contributed by atoms with Gasteiger partial charge in [0.05, 0.1) is 0 Å². The first kappa shape index (κ1) is 9.52. The Hall–Kier alpha value is -1.03. The van der Waals surface area contributed by atoms with E-state index in [1.54, 1.807) is 0 Å². The van der Waals surface area contributed by atoms with Gasteiger partial charge in [0.2, 0.25) is 6.79 Å². The highest BCUT2D eigenvalue weighted by Crippen LogP contribution is 2.34. The third kappa shape index (κ3) is 1.62. The fraction of sp³-hybridized carbons (Fsp3) is 0.300. The Labute approximate surface area is 90.1 Å². The van der Waals surface area contributed by atoms with Crippen molar-refractivity contribution in [2.75, 3.05) is 12.1 Å². The molecule has 0 saturated heterocycles. The Morgan fingerprint density at radius 2 is 2.21 bits per heavy atom. The van der Waals surface area contributed by atoms with E-state index in [-0.39, 0.29) is 12.7 Å². The minimum Gasteiger partial charge on any atom is -0.454 e. The monoisotopic (exact) mass is 256 g/mol. The average Bonchev–Trinajstić information content (AvgIpc) is 2.66. The predicted octanol–water partition coefficient (Wildman–Crippen LogP) is 2.09. The molecule has 0 bridgehead atoms. The van der Waals surface area contributed by atoms with E-state index < -0.39 is 0 Å². The molecule has 0 fully saturated rings. The van der Waals surface area contributed by atoms with Crippen LogP contribution in [0.4, 0.5) is 0 Å². The zero-order chi connectivity index (χ0) is 9.97. The molecule has 1 aliphatic heterocycles. The van der Waals surface area contributed by atoms with E-state index in [9.17, 15) is 4.79 Å². The standard InChI is InChI=1S/C10H9BrO3/c11-4-8(5-12)7-1-2-9-10(3-7)14-6-13-9/h1-3,5,8H,4,6H2. The van der Waals surface area contributed by atoms with Crippen molar-refractivity contribution in [2.24, 2.45) is 0 Å². The number of halogens is 1. The van der Waals surface area contributed by atoms with Crippen LogP contribution in [0.1, 0.15) is 11.5 Å². The first-order chi connectivity index (χ1) is 6.85. The van der Waals surface area contributed by atoms with E-state index in [1.807, 2.05) is 18.2 Å². The Kier molecular flexibility index (Phi) is 2.72. The van der Waals surface area contributed by atoms with Crippen molar-refractivity contribution >= 4 is 22.2 Å². The summed E-state index contributed by atoms with van der Waals surface area (Å²) >= 11 is 3.29. The van der Waals surface area contributed by atoms with Gasteiger partial charge in [-0.15, -0.1) is 0 Å². The molecule has 0 spiro atoms. The van der Waals surface area contributed by atoms with Crippen LogP contribution in [0.5, 0.6) is 11.5 Å². The number of hydrogen-bond donors (Lipinski definition) is 0. The molecule has 1 unspecified atom stereocenters. The van der Waals surface area contributed by atoms with Crippen LogP contribution < -0.4 is 9.47 Å². The molecule has 1 aliphatic rings. The number of carbonyl (C=O) groups excluding carboxylic acids is 1. The second-order valence-electron chi connectivity index (χ2n) is 3.01. The molecular weight excluding hydrogens is 248 g/mol. The summed E-state index contributed by atoms with van der Waals surface area (Å²) < 4.78 is 10.4. The first-order valence-corrected chi connectivity index (χ1v) is 5.38. The van der Waals surface area contributed by atoms with Crippen LogP contribution in [-0.4, -0.2) is 18.4 Å². The molecule has 14 heavy (non-hydrogen) atoms. The molecule has 0 saturated carbocycles. The highest BCUT2D eigenvalue weighted by Gasteiger charge is 2.16. The van der Waals surface area contributed by atoms with Crippen LogP contribution in [0.3, 0.4) is 0 Å². The molecule has 1 atom stereocenters. The predicted molar refractivity (Wildman–Crippen MR) is 55.2 cm³/mol. The van der Waals surface area contributed by atoms with Gasteiger partial charge in [0.1, 0.15) is 6.29 Å². The number of carbonyl (C=O) groups is 1. The summed E-state index contributed by atoms with van der Waals surface area (Å²) in [7, 11) is 0. The summed E-state index contributed by atoms with van der Waals surface area (Å²) in [6.07, 6.45) is 0.923. The first-order valence-electron chi connectivity index (χ1n) is 4.26. The number of fused-ring (bicyclic) bond motifs is 1. The molecule has 4 heteroatoms. The molecule has 0 N–H and O–H groups in total. The maximum Gasteiger partial charge on any atom is 0.231 e. The highest BCUT2D eigenvalue weighted by atomic mass is 79.9. The Balaban J connectivity index is 2.32. The Morgan fingerprint density at radius 3 is 2.93 bits per heavy atom. The number of aldehydes is 1. The number of rotatable bonds is 3. The molecule has 74 valence electrons. The summed E-state index contributed by atoms with van der Waals surface area (Å²) in [5.74, 6) is 1.34. The largest absolute Gasteiger partial charge is 0.454 e. The molecule has 0 aromatic heterocycles. The lowest BCUT2D eigenvalue weighted by molar-refractivity contribution is -0.108. The van der Waals surface area contributed by atoms with Crippen LogP contribution >= 0.6 is 15.9 Å². The van der Waals surface area contributed by atoms with Gasteiger partial charge in [0.15, 0.2) is 11.5 Å². The van der Waals surface area contributed by atoms with Gasteiger partial charge in [-0.25, -0.2) is 0 Å². The summed E-state index contributed by atoms with van der Waals surface area (Å²) in [6.45, 7) is 0.263. The summed E-state index contributed by atoms with van der Waals surface area (Å²) in [4.78, 5) is 10.7. The number of hydrogen-bond acceptors (Lipinski definition) is 3. The van der Waals surface area contributed by atoms with Crippen LogP contribution in [0, 0.1) is 0 Å². The van der Waals surface area contributed by atoms with Crippen molar-refractivity contribution in [3.05, 3.63) is 23.8 Å². The van der Waals surface area contributed by atoms with Gasteiger partial charge in [0.25, 0.3) is 0 Å². The summed E-state index contributed by atoms with van der Waals surface area (Å²) in [5, 5.41) is 0.621. The van der Waals surface area contributed by atoms with Crippen molar-refractivity contribution < 1.29 is 14.3 Å². The van der Waals surface area contributed by atoms with Crippen molar-refractivity contribution in [1.82, 2.24) is 0 Å². The number of ether oxygens (including phenoxy) is 2. The lowest BCUT2D eigenvalue weighted by Gasteiger charge is -2.07. The zero-order valence-electron chi connectivity index (χ0n) is 7.40. The van der Waals surface area contributed by atoms with Crippen molar-refractivity contribution in [3.63, 3.8) is 0 Å². The van der Waals surface area contributed by atoms with Gasteiger partial charge in [-0.2, -0.15) is 0 Å². The number of alkyl halides is 1. The van der Waals surface area contributed by atoms with Gasteiger partial charge < -0.3 is 14.3 Å². The lowest BCUT2D eigenvalue weighted by atomic mass is 10.0. The van der Waals surface area contributed by atoms with E-state index in [4.69, 9.17) is 9.47 Å². The van der Waals surface area contributed by atoms with E-state index in [0.717, 1.165) is 23.3 Å². The second kappa shape index (κ2) is 4.00. The molecule has 0 aliphatic carbocycles. The molecular formula is C10H9BrO3. The maximum atomic E-state index is 10.7. The molecule has 2 rings (SSSR count). The molecule has 1 aromatic carbocycles. The van der Waals surface area contributed by atoms with Gasteiger partial charge in [0, 0.05) is 11.2 Å². The van der Waals surface area contributed by atoms with Gasteiger partial charge in [-0.3, -0.25) is 0 Å². The van der Waals surface area contributed by atoms with E-state index in [0.29, 0.717) is 5.33 Å². The smallest absolute Gasteiger partial charge is 0.231 e. The number of benzene rings is 1. The third-order valence-electron chi connectivity index (χ3n) is 2.16. The van der Waals surface area contributed by atoms with Crippen LogP contribution in [-0.2, 0) is 4.79 Å². The van der Waals surface area contributed by atoms with E-state index >= 15 is 0 Å². The minimum atomic E-state index is -0.121. The van der Waals surface area contributed by atoms with Crippen LogP contribution in [0.2, 0.25) is 0 Å². The normalized spacial score (nSPS) is 15.2. The van der Waals surface area contributed by atoms with Gasteiger partial charge in [-0.1, -0.05) is 22.0 Å². The molecule has 0 radical (unpaired) electrons. The van der Waals surface area contributed by atoms with Crippen LogP contribution in [0.15, 0.2) is 18.2 Å². The maximum absolute atomic E-state index is 10.7. The quantitative estimate of drug-likeness (QED) is 0.614. The lowest BCUT2D eigenvalue weighted by Crippen LogP contribution is -2.00. The zero-order valence-corrected chi connectivity index (χ0v) is 8.99. The molecule has 1 heterocycles. The fourth-order valence-corrected chi connectivity index (χ4v) is 1.87. The SMILES string of the molecule is O=CC(CBr)c1ccc2c(c1)OCO2. The van der Waals surface area contributed by atoms with Gasteiger partial charge in [-0.05, 0) is 17.7 Å². The van der Waals surface area contributed by atoms with E-state index in [2.05, 4.69) is 15.9 Å². The summed E-state index contributed by atoms with van der Waals surface area (Å²) in [5.41, 5.74) is 0.945. The Bertz CT molecular complexity index is 351. The molecule has 1 aromatic rings. The fourth-order valence-electron chi connectivity index (χ4n) is 1.35. The third-order valence-corrected chi connectivity index (χ3v) is 2.85. The van der Waals surface area contributed by atoms with Crippen LogP contribution in [0.25, 0.3) is 0 Å². The van der Waals surface area contributed by atoms with E-state index in [1.165, 1.54) is 0 Å². The second-order valence-corrected chi connectivity index (χ2v) is 3.66. The summed E-state index contributed by atoms with van der Waals surface area (Å²) in [6, 6.07) is 5.56. The Morgan fingerprint density at radius 1 is 1.43 bits per heavy atom. The van der Waals surface area contributed by atoms with Crippen molar-refractivity contribution in [2.45, 2.75) is 5.92 Å².